The number of hydroxylamine groups is 1. The van der Waals surface area contributed by atoms with Crippen molar-refractivity contribution in [1.29, 1.82) is 0 Å². The minimum Gasteiger partial charge on any atom is -0.497 e. The second-order valence-corrected chi connectivity index (χ2v) is 7.06. The molecule has 0 fully saturated rings. The van der Waals surface area contributed by atoms with Crippen LogP contribution in [-0.2, 0) is 29.7 Å². The number of carbonyl (C=O) groups excluding carboxylic acids is 1. The molecule has 0 saturated carbocycles. The van der Waals surface area contributed by atoms with Crippen molar-refractivity contribution in [3.8, 4) is 5.75 Å². The average Bonchev–Trinajstić information content (AvgIpc) is 2.58. The molecule has 0 saturated heterocycles. The summed E-state index contributed by atoms with van der Waals surface area (Å²) in [6, 6.07) is 7.04. The van der Waals surface area contributed by atoms with Crippen LogP contribution in [0, 0.1) is 0 Å². The molecule has 0 bridgehead atoms. The summed E-state index contributed by atoms with van der Waals surface area (Å²) < 4.78 is 28.7. The van der Waals surface area contributed by atoms with Crippen molar-refractivity contribution in [2.75, 3.05) is 20.3 Å². The predicted molar refractivity (Wildman–Crippen MR) is 94.2 cm³/mol. The first kappa shape index (κ1) is 20.6. The van der Waals surface area contributed by atoms with Gasteiger partial charge in [-0.15, -0.1) is 0 Å². The monoisotopic (exact) mass is 375 g/mol. The zero-order valence-electron chi connectivity index (χ0n) is 13.9. The van der Waals surface area contributed by atoms with Gasteiger partial charge in [-0.05, 0) is 38.0 Å². The molecule has 0 aliphatic carbocycles. The van der Waals surface area contributed by atoms with Crippen LogP contribution in [0.15, 0.2) is 24.3 Å². The fourth-order valence-corrected chi connectivity index (χ4v) is 3.98. The number of hydrogen-bond acceptors (Lipinski definition) is 7. The van der Waals surface area contributed by atoms with Crippen LogP contribution >= 0.6 is 19.8 Å². The maximum absolute atomic E-state index is 13.0. The molecule has 0 spiro atoms. The maximum atomic E-state index is 13.0. The van der Waals surface area contributed by atoms with E-state index in [1.165, 1.54) is 0 Å². The molecule has 0 aliphatic rings. The Labute approximate surface area is 147 Å². The number of carbonyl (C=O) groups is 1. The van der Waals surface area contributed by atoms with E-state index in [1.54, 1.807) is 45.2 Å². The molecule has 1 atom stereocenters. The third kappa shape index (κ3) is 5.87. The highest BCUT2D eigenvalue weighted by Gasteiger charge is 2.42. The Hall–Kier alpha value is -1.47. The summed E-state index contributed by atoms with van der Waals surface area (Å²) in [5.74, 6) is -0.0878. The van der Waals surface area contributed by atoms with Gasteiger partial charge in [0.15, 0.2) is 5.66 Å². The fourth-order valence-electron chi connectivity index (χ4n) is 2.04. The van der Waals surface area contributed by atoms with Gasteiger partial charge in [0.2, 0.25) is 0 Å². The van der Waals surface area contributed by atoms with Gasteiger partial charge >= 0.3 is 13.6 Å². The number of thiocarbonyl (C=S) groups is 1. The van der Waals surface area contributed by atoms with Gasteiger partial charge in [-0.2, -0.15) is 0 Å². The van der Waals surface area contributed by atoms with E-state index in [0.717, 1.165) is 11.1 Å². The highest BCUT2D eigenvalue weighted by Crippen LogP contribution is 2.54. The minimum absolute atomic E-state index is 0.124. The molecule has 0 radical (unpaired) electrons. The summed E-state index contributed by atoms with van der Waals surface area (Å²) in [6.45, 7) is 3.64. The number of methoxy groups -OCH3 is 1. The third-order valence-corrected chi connectivity index (χ3v) is 5.56. The highest BCUT2D eigenvalue weighted by atomic mass is 32.1. The smallest absolute Gasteiger partial charge is 0.347 e. The SMILES string of the molecule is CCOP(=O)(OCC)C(Cc1ccc(OC)cc1)C(=O)ONC=S. The fraction of sp³-hybridized carbons (Fsp3) is 0.467. The summed E-state index contributed by atoms with van der Waals surface area (Å²) in [4.78, 5) is 17.1. The Balaban J connectivity index is 3.08. The molecule has 7 nitrogen and oxygen atoms in total. The van der Waals surface area contributed by atoms with Crippen molar-refractivity contribution in [1.82, 2.24) is 5.48 Å². The second kappa shape index (κ2) is 10.4. The normalized spacial score (nSPS) is 12.3. The van der Waals surface area contributed by atoms with Crippen LogP contribution in [0.4, 0.5) is 0 Å². The predicted octanol–water partition coefficient (Wildman–Crippen LogP) is 2.88. The second-order valence-electron chi connectivity index (χ2n) is 4.60. The lowest BCUT2D eigenvalue weighted by molar-refractivity contribution is -0.147. The molecule has 0 aliphatic heterocycles. The van der Waals surface area contributed by atoms with E-state index < -0.39 is 19.2 Å². The van der Waals surface area contributed by atoms with Gasteiger partial charge in [0.05, 0.1) is 25.8 Å². The molecular weight excluding hydrogens is 353 g/mol. The van der Waals surface area contributed by atoms with Crippen LogP contribution < -0.4 is 10.2 Å². The first-order valence-corrected chi connectivity index (χ1v) is 9.50. The lowest BCUT2D eigenvalue weighted by Crippen LogP contribution is -2.32. The molecule has 1 unspecified atom stereocenters. The van der Waals surface area contributed by atoms with Crippen molar-refractivity contribution < 1.29 is 28.0 Å². The molecule has 9 heteroatoms. The van der Waals surface area contributed by atoms with E-state index in [2.05, 4.69) is 17.7 Å². The largest absolute Gasteiger partial charge is 0.497 e. The van der Waals surface area contributed by atoms with Gasteiger partial charge in [0.25, 0.3) is 0 Å². The average molecular weight is 375 g/mol. The number of rotatable bonds is 11. The topological polar surface area (TPSA) is 83.1 Å². The molecule has 0 aromatic heterocycles. The van der Waals surface area contributed by atoms with E-state index in [-0.39, 0.29) is 19.6 Å². The molecule has 134 valence electrons. The zero-order valence-corrected chi connectivity index (χ0v) is 15.6. The summed E-state index contributed by atoms with van der Waals surface area (Å²) in [5, 5.41) is 0. The van der Waals surface area contributed by atoms with Crippen molar-refractivity contribution in [3.63, 3.8) is 0 Å². The summed E-state index contributed by atoms with van der Waals surface area (Å²) in [5.41, 5.74) is 2.86. The van der Waals surface area contributed by atoms with E-state index in [4.69, 9.17) is 18.6 Å². The van der Waals surface area contributed by atoms with Crippen LogP contribution in [-0.4, -0.2) is 37.4 Å². The van der Waals surface area contributed by atoms with Gasteiger partial charge in [0.1, 0.15) is 5.75 Å². The van der Waals surface area contributed by atoms with Crippen LogP contribution in [0.1, 0.15) is 19.4 Å². The van der Waals surface area contributed by atoms with Gasteiger partial charge in [-0.1, -0.05) is 24.4 Å². The molecule has 24 heavy (non-hydrogen) atoms. The lowest BCUT2D eigenvalue weighted by atomic mass is 10.1. The number of hydrogen-bond donors (Lipinski definition) is 1. The van der Waals surface area contributed by atoms with Crippen molar-refractivity contribution in [3.05, 3.63) is 29.8 Å². The zero-order chi connectivity index (χ0) is 18.0. The highest BCUT2D eigenvalue weighted by molar-refractivity contribution is 7.78. The number of ether oxygens (including phenoxy) is 1. The van der Waals surface area contributed by atoms with Gasteiger partial charge < -0.3 is 18.6 Å². The molecular formula is C15H22NO6PS. The maximum Gasteiger partial charge on any atom is 0.347 e. The van der Waals surface area contributed by atoms with Crippen LogP contribution in [0.3, 0.4) is 0 Å². The molecule has 1 aromatic rings. The third-order valence-electron chi connectivity index (χ3n) is 3.07. The van der Waals surface area contributed by atoms with Crippen LogP contribution in [0.2, 0.25) is 0 Å². The van der Waals surface area contributed by atoms with Gasteiger partial charge in [0, 0.05) is 0 Å². The minimum atomic E-state index is -3.70. The van der Waals surface area contributed by atoms with E-state index in [0.29, 0.717) is 5.75 Å². The Morgan fingerprint density at radius 3 is 2.29 bits per heavy atom. The quantitative estimate of drug-likeness (QED) is 0.359. The molecule has 1 rings (SSSR count). The summed E-state index contributed by atoms with van der Waals surface area (Å²) >= 11 is 4.55. The van der Waals surface area contributed by atoms with E-state index in [1.807, 2.05) is 0 Å². The molecule has 1 aromatic carbocycles. The van der Waals surface area contributed by atoms with Crippen LogP contribution in [0.25, 0.3) is 0 Å². The summed E-state index contributed by atoms with van der Waals surface area (Å²) in [7, 11) is -2.14. The van der Waals surface area contributed by atoms with Gasteiger partial charge in [-0.3, -0.25) is 4.57 Å². The van der Waals surface area contributed by atoms with E-state index in [9.17, 15) is 9.36 Å². The van der Waals surface area contributed by atoms with Crippen molar-refractivity contribution in [2.45, 2.75) is 25.9 Å². The van der Waals surface area contributed by atoms with Crippen molar-refractivity contribution >= 4 is 31.3 Å². The lowest BCUT2D eigenvalue weighted by Gasteiger charge is -2.24. The Morgan fingerprint density at radius 1 is 1.25 bits per heavy atom. The first-order chi connectivity index (χ1) is 11.5. The van der Waals surface area contributed by atoms with Crippen molar-refractivity contribution in [2.24, 2.45) is 0 Å². The number of benzene rings is 1. The Bertz CT molecular complexity index is 570. The molecule has 0 amide bonds. The Kier molecular flexibility index (Phi) is 8.92. The van der Waals surface area contributed by atoms with Crippen LogP contribution in [0.5, 0.6) is 5.75 Å². The van der Waals surface area contributed by atoms with Gasteiger partial charge in [-0.25, -0.2) is 10.3 Å². The molecule has 1 N–H and O–H groups in total. The van der Waals surface area contributed by atoms with E-state index >= 15 is 0 Å². The first-order valence-electron chi connectivity index (χ1n) is 7.42. The standard InChI is InChI=1S/C15H22NO6PS/c1-4-20-23(18,21-5-2)14(15(17)22-16-11-24)10-12-6-8-13(19-3)9-7-12/h6-9,11,14H,4-5,10H2,1-3H3,(H,16,24). The number of nitrogens with one attached hydrogen (secondary N) is 1. The molecule has 0 heterocycles. The summed E-state index contributed by atoms with van der Waals surface area (Å²) in [6.07, 6.45) is 0.124. The Morgan fingerprint density at radius 2 is 1.83 bits per heavy atom.